The fourth-order valence-corrected chi connectivity index (χ4v) is 0.228. The summed E-state index contributed by atoms with van der Waals surface area (Å²) >= 11 is 0. The Bertz CT molecular complexity index is 204. The summed E-state index contributed by atoms with van der Waals surface area (Å²) in [5, 5.41) is 11.1. The van der Waals surface area contributed by atoms with Crippen LogP contribution in [0.2, 0.25) is 0 Å². The molecule has 0 saturated heterocycles. The van der Waals surface area contributed by atoms with Crippen LogP contribution in [0.5, 0.6) is 0 Å². The fourth-order valence-electron chi connectivity index (χ4n) is 0.228. The Balaban J connectivity index is 4.02. The molecule has 0 fully saturated rings. The first-order valence-corrected chi connectivity index (χ1v) is 2.27. The Morgan fingerprint density at radius 3 is 2.36 bits per heavy atom. The van der Waals surface area contributed by atoms with Crippen LogP contribution in [0.3, 0.4) is 0 Å². The van der Waals surface area contributed by atoms with Crippen molar-refractivity contribution in [2.75, 3.05) is 0 Å². The highest BCUT2D eigenvalue weighted by Crippen LogP contribution is 1.77. The molecule has 0 saturated carbocycles. The minimum absolute atomic E-state index is 0.363. The molecule has 0 aromatic heterocycles. The number of guanidine groups is 2. The van der Waals surface area contributed by atoms with Crippen LogP contribution < -0.4 is 17.2 Å². The average Bonchev–Trinajstić information content (AvgIpc) is 1.82. The van der Waals surface area contributed by atoms with Gasteiger partial charge in [-0.3, -0.25) is 0 Å². The first kappa shape index (κ1) is 8.94. The van der Waals surface area contributed by atoms with E-state index in [2.05, 4.69) is 15.1 Å². The molecule has 9 heteroatoms. The summed E-state index contributed by atoms with van der Waals surface area (Å²) in [6, 6.07) is 0. The molecule has 0 amide bonds. The van der Waals surface area contributed by atoms with Crippen LogP contribution in [-0.4, -0.2) is 17.0 Å². The van der Waals surface area contributed by atoms with Crippen molar-refractivity contribution in [3.8, 4) is 0 Å². The highest BCUT2D eigenvalue weighted by atomic mass is 17.0. The zero-order valence-electron chi connectivity index (χ0n) is 5.30. The zero-order valence-corrected chi connectivity index (χ0v) is 5.30. The van der Waals surface area contributed by atoms with Gasteiger partial charge >= 0.3 is 5.96 Å². The summed E-state index contributed by atoms with van der Waals surface area (Å²) in [5.74, 6) is -0.889. The molecule has 0 aromatic rings. The molecule has 0 atom stereocenters. The SMILES string of the molecule is NC(N)=N/C(N)=N/O[N+](=O)[O-]. The molecule has 0 aliphatic heterocycles. The van der Waals surface area contributed by atoms with E-state index in [1.54, 1.807) is 0 Å². The second-order valence-electron chi connectivity index (χ2n) is 1.29. The van der Waals surface area contributed by atoms with Crippen LogP contribution in [0.4, 0.5) is 0 Å². The Morgan fingerprint density at radius 2 is 2.00 bits per heavy atom. The highest BCUT2D eigenvalue weighted by molar-refractivity contribution is 5.92. The molecule has 0 aliphatic carbocycles. The van der Waals surface area contributed by atoms with Crippen LogP contribution in [0.15, 0.2) is 10.1 Å². The van der Waals surface area contributed by atoms with Crippen LogP contribution in [0.1, 0.15) is 0 Å². The van der Waals surface area contributed by atoms with Gasteiger partial charge in [-0.05, 0) is 0 Å². The van der Waals surface area contributed by atoms with Gasteiger partial charge in [-0.1, -0.05) is 0 Å². The van der Waals surface area contributed by atoms with E-state index in [0.29, 0.717) is 0 Å². The fraction of sp³-hybridized carbons (Fsp3) is 0. The highest BCUT2D eigenvalue weighted by Gasteiger charge is 1.96. The van der Waals surface area contributed by atoms with Crippen LogP contribution in [0.25, 0.3) is 0 Å². The van der Waals surface area contributed by atoms with Crippen molar-refractivity contribution in [2.45, 2.75) is 0 Å². The number of nitrogens with two attached hydrogens (primary N) is 3. The third kappa shape index (κ3) is 5.82. The average molecular weight is 162 g/mol. The summed E-state index contributed by atoms with van der Waals surface area (Å²) in [6.45, 7) is 0. The first-order valence-electron chi connectivity index (χ1n) is 2.27. The first-order chi connectivity index (χ1) is 5.02. The summed E-state index contributed by atoms with van der Waals surface area (Å²) in [7, 11) is 0. The number of nitrogens with zero attached hydrogens (tertiary/aromatic N) is 3. The molecule has 62 valence electrons. The van der Waals surface area contributed by atoms with Gasteiger partial charge in [-0.2, -0.15) is 9.93 Å². The Kier molecular flexibility index (Phi) is 3.15. The second kappa shape index (κ2) is 3.87. The summed E-state index contributed by atoms with van der Waals surface area (Å²) in [4.78, 5) is 16.1. The van der Waals surface area contributed by atoms with E-state index in [1.165, 1.54) is 0 Å². The zero-order chi connectivity index (χ0) is 8.85. The van der Waals surface area contributed by atoms with E-state index in [4.69, 9.17) is 17.2 Å². The van der Waals surface area contributed by atoms with Crippen LogP contribution in [0, 0.1) is 10.1 Å². The van der Waals surface area contributed by atoms with Crippen molar-refractivity contribution < 1.29 is 10.0 Å². The Labute approximate surface area is 60.6 Å². The second-order valence-corrected chi connectivity index (χ2v) is 1.29. The molecule has 0 aromatic carbocycles. The van der Waals surface area contributed by atoms with Crippen molar-refractivity contribution in [1.82, 2.24) is 0 Å². The molecule has 0 radical (unpaired) electrons. The number of oxime groups is 1. The minimum atomic E-state index is -1.16. The van der Waals surface area contributed by atoms with E-state index in [0.717, 1.165) is 0 Å². The smallest absolute Gasteiger partial charge is 0.370 e. The molecule has 6 N–H and O–H groups in total. The summed E-state index contributed by atoms with van der Waals surface area (Å²) in [6.07, 6.45) is 0. The molecule has 11 heavy (non-hydrogen) atoms. The maximum absolute atomic E-state index is 9.50. The summed E-state index contributed by atoms with van der Waals surface area (Å²) < 4.78 is 0. The van der Waals surface area contributed by atoms with E-state index >= 15 is 0 Å². The summed E-state index contributed by atoms with van der Waals surface area (Å²) in [5.41, 5.74) is 14.6. The van der Waals surface area contributed by atoms with Crippen molar-refractivity contribution in [1.29, 1.82) is 0 Å². The molecule has 9 nitrogen and oxygen atoms in total. The molecule has 0 aliphatic rings. The molecule has 0 bridgehead atoms. The van der Waals surface area contributed by atoms with Crippen LogP contribution >= 0.6 is 0 Å². The Morgan fingerprint density at radius 1 is 1.45 bits per heavy atom. The Hall–Kier alpha value is -2.06. The molecule has 0 spiro atoms. The van der Waals surface area contributed by atoms with Gasteiger partial charge in [0, 0.05) is 0 Å². The van der Waals surface area contributed by atoms with Gasteiger partial charge in [0.1, 0.15) is 5.16 Å². The third-order valence-corrected chi connectivity index (χ3v) is 0.445. The van der Waals surface area contributed by atoms with E-state index in [9.17, 15) is 10.1 Å². The third-order valence-electron chi connectivity index (χ3n) is 0.445. The van der Waals surface area contributed by atoms with Gasteiger partial charge in [0.25, 0.3) is 0 Å². The monoisotopic (exact) mass is 162 g/mol. The lowest BCUT2D eigenvalue weighted by Gasteiger charge is -1.87. The van der Waals surface area contributed by atoms with Gasteiger partial charge in [0.2, 0.25) is 0 Å². The van der Waals surface area contributed by atoms with Gasteiger partial charge in [0.15, 0.2) is 11.0 Å². The number of rotatable bonds is 2. The van der Waals surface area contributed by atoms with Gasteiger partial charge in [-0.15, -0.1) is 0 Å². The topological polar surface area (TPSA) is 155 Å². The number of hydrogen-bond donors (Lipinski definition) is 3. The standard InChI is InChI=1S/C2H6N6O3/c3-1(4)6-2(5)7-11-8(9)10/h(H6,3,4,5,6,7). The lowest BCUT2D eigenvalue weighted by molar-refractivity contribution is -0.760. The van der Waals surface area contributed by atoms with Crippen molar-refractivity contribution in [3.63, 3.8) is 0 Å². The van der Waals surface area contributed by atoms with Gasteiger partial charge in [-0.25, -0.2) is 10.1 Å². The molecular weight excluding hydrogens is 156 g/mol. The van der Waals surface area contributed by atoms with Crippen LogP contribution in [-0.2, 0) is 4.94 Å². The largest absolute Gasteiger partial charge is 0.370 e. The predicted molar refractivity (Wildman–Crippen MR) is 35.5 cm³/mol. The van der Waals surface area contributed by atoms with Gasteiger partial charge < -0.3 is 17.2 Å². The van der Waals surface area contributed by atoms with E-state index in [1.807, 2.05) is 0 Å². The van der Waals surface area contributed by atoms with Crippen molar-refractivity contribution >= 4 is 11.9 Å². The molecule has 0 rings (SSSR count). The predicted octanol–water partition coefficient (Wildman–Crippen LogP) is -2.30. The maximum Gasteiger partial charge on any atom is 0.370 e. The quantitative estimate of drug-likeness (QED) is 0.179. The number of aliphatic imine (C=N–C) groups is 1. The van der Waals surface area contributed by atoms with Gasteiger partial charge in [0.05, 0.1) is 0 Å². The van der Waals surface area contributed by atoms with Crippen molar-refractivity contribution in [2.24, 2.45) is 27.3 Å². The van der Waals surface area contributed by atoms with Crippen molar-refractivity contribution in [3.05, 3.63) is 10.1 Å². The molecule has 0 heterocycles. The maximum atomic E-state index is 9.50. The van der Waals surface area contributed by atoms with E-state index in [-0.39, 0.29) is 5.96 Å². The molecule has 0 unspecified atom stereocenters. The lowest BCUT2D eigenvalue weighted by Crippen LogP contribution is -2.26. The van der Waals surface area contributed by atoms with E-state index < -0.39 is 11.0 Å². The lowest BCUT2D eigenvalue weighted by atomic mass is 11.0. The number of hydrogen-bond acceptors (Lipinski definition) is 4. The normalized spacial score (nSPS) is 10.4. The molecular formula is C2H6N6O3. The minimum Gasteiger partial charge on any atom is -0.370 e.